The molecule has 0 saturated carbocycles. The monoisotopic (exact) mass is 310 g/mol. The molecule has 2 aromatic rings. The van der Waals surface area contributed by atoms with Crippen molar-refractivity contribution in [1.29, 1.82) is 0 Å². The Kier molecular flexibility index (Phi) is 4.84. The van der Waals surface area contributed by atoms with Crippen LogP contribution in [0.1, 0.15) is 42.3 Å². The molecule has 0 aliphatic rings. The van der Waals surface area contributed by atoms with Crippen molar-refractivity contribution in [3.63, 3.8) is 0 Å². The molecule has 0 unspecified atom stereocenters. The number of carbonyl (C=O) groups excluding carboxylic acids is 2. The molecule has 0 fully saturated rings. The number of hydrogen-bond acceptors (Lipinski definition) is 2. The zero-order valence-corrected chi connectivity index (χ0v) is 13.7. The van der Waals surface area contributed by atoms with Gasteiger partial charge in [0.2, 0.25) is 11.8 Å². The number of primary amides is 1. The highest BCUT2D eigenvalue weighted by Gasteiger charge is 2.13. The number of hydrogen-bond donors (Lipinski definition) is 2. The molecule has 2 rings (SSSR count). The molecule has 0 saturated heterocycles. The molecule has 0 aliphatic heterocycles. The third kappa shape index (κ3) is 4.68. The van der Waals surface area contributed by atoms with Crippen LogP contribution in [0.15, 0.2) is 48.5 Å². The van der Waals surface area contributed by atoms with Gasteiger partial charge < -0.3 is 11.1 Å². The first-order valence-electron chi connectivity index (χ1n) is 7.55. The summed E-state index contributed by atoms with van der Waals surface area (Å²) in [6.07, 6.45) is 0.308. The van der Waals surface area contributed by atoms with Gasteiger partial charge in [-0.15, -0.1) is 0 Å². The van der Waals surface area contributed by atoms with Crippen LogP contribution in [0.2, 0.25) is 0 Å². The Hall–Kier alpha value is -2.62. The average Bonchev–Trinajstić information content (AvgIpc) is 2.47. The molecule has 0 atom stereocenters. The summed E-state index contributed by atoms with van der Waals surface area (Å²) in [5.74, 6) is -0.581. The number of nitrogens with two attached hydrogens (primary N) is 1. The Bertz CT molecular complexity index is 696. The molecule has 120 valence electrons. The van der Waals surface area contributed by atoms with Crippen molar-refractivity contribution in [2.24, 2.45) is 5.73 Å². The van der Waals surface area contributed by atoms with Gasteiger partial charge in [-0.05, 0) is 40.8 Å². The number of anilines is 1. The Morgan fingerprint density at radius 3 is 2.00 bits per heavy atom. The first-order valence-corrected chi connectivity index (χ1v) is 7.55. The fourth-order valence-corrected chi connectivity index (χ4v) is 2.23. The predicted molar refractivity (Wildman–Crippen MR) is 92.4 cm³/mol. The number of rotatable bonds is 4. The fraction of sp³-hybridized carbons (Fsp3) is 0.263. The van der Waals surface area contributed by atoms with Gasteiger partial charge >= 0.3 is 0 Å². The van der Waals surface area contributed by atoms with Crippen molar-refractivity contribution in [1.82, 2.24) is 0 Å². The maximum absolute atomic E-state index is 12.1. The smallest absolute Gasteiger partial charge is 0.248 e. The van der Waals surface area contributed by atoms with E-state index in [0.717, 1.165) is 5.56 Å². The highest BCUT2D eigenvalue weighted by Crippen LogP contribution is 2.22. The van der Waals surface area contributed by atoms with Gasteiger partial charge in [0.25, 0.3) is 0 Å². The molecule has 2 aromatic carbocycles. The van der Waals surface area contributed by atoms with Crippen LogP contribution in [0.4, 0.5) is 5.69 Å². The highest BCUT2D eigenvalue weighted by molar-refractivity contribution is 5.95. The molecule has 4 nitrogen and oxygen atoms in total. The molecule has 3 N–H and O–H groups in total. The third-order valence-corrected chi connectivity index (χ3v) is 3.64. The van der Waals surface area contributed by atoms with Crippen LogP contribution in [0, 0.1) is 0 Å². The predicted octanol–water partition coefficient (Wildman–Crippen LogP) is 3.26. The van der Waals surface area contributed by atoms with E-state index >= 15 is 0 Å². The van der Waals surface area contributed by atoms with E-state index in [1.165, 1.54) is 5.56 Å². The quantitative estimate of drug-likeness (QED) is 0.909. The zero-order chi connectivity index (χ0) is 17.0. The average molecular weight is 310 g/mol. The highest BCUT2D eigenvalue weighted by atomic mass is 16.1. The SMILES string of the molecule is CC(C)(C)c1ccc(CC(=O)Nc2ccc(C(N)=O)cc2)cc1. The van der Waals surface area contributed by atoms with E-state index in [2.05, 4.69) is 38.2 Å². The van der Waals surface area contributed by atoms with Crippen molar-refractivity contribution < 1.29 is 9.59 Å². The lowest BCUT2D eigenvalue weighted by atomic mass is 9.86. The summed E-state index contributed by atoms with van der Waals surface area (Å²) in [4.78, 5) is 23.1. The molecule has 0 heterocycles. The van der Waals surface area contributed by atoms with Crippen molar-refractivity contribution in [3.05, 3.63) is 65.2 Å². The van der Waals surface area contributed by atoms with Gasteiger partial charge in [0.1, 0.15) is 0 Å². The number of nitrogens with one attached hydrogen (secondary N) is 1. The molecular formula is C19H22N2O2. The van der Waals surface area contributed by atoms with Crippen molar-refractivity contribution in [3.8, 4) is 0 Å². The lowest BCUT2D eigenvalue weighted by molar-refractivity contribution is -0.115. The molecule has 4 heteroatoms. The van der Waals surface area contributed by atoms with Crippen LogP contribution in [-0.4, -0.2) is 11.8 Å². The Morgan fingerprint density at radius 2 is 1.52 bits per heavy atom. The third-order valence-electron chi connectivity index (χ3n) is 3.64. The van der Waals surface area contributed by atoms with Gasteiger partial charge in [0, 0.05) is 11.3 Å². The lowest BCUT2D eigenvalue weighted by Gasteiger charge is -2.19. The van der Waals surface area contributed by atoms with Gasteiger partial charge in [0.15, 0.2) is 0 Å². The van der Waals surface area contributed by atoms with Gasteiger partial charge in [-0.2, -0.15) is 0 Å². The fourth-order valence-electron chi connectivity index (χ4n) is 2.23. The summed E-state index contributed by atoms with van der Waals surface area (Å²) < 4.78 is 0. The van der Waals surface area contributed by atoms with Gasteiger partial charge in [-0.25, -0.2) is 0 Å². The van der Waals surface area contributed by atoms with Crippen molar-refractivity contribution >= 4 is 17.5 Å². The molecule has 2 amide bonds. The van der Waals surface area contributed by atoms with E-state index in [0.29, 0.717) is 17.7 Å². The second-order valence-electron chi connectivity index (χ2n) is 6.61. The normalized spacial score (nSPS) is 11.1. The second-order valence-corrected chi connectivity index (χ2v) is 6.61. The van der Waals surface area contributed by atoms with Gasteiger partial charge in [-0.3, -0.25) is 9.59 Å². The molecule has 23 heavy (non-hydrogen) atoms. The van der Waals surface area contributed by atoms with Crippen LogP contribution < -0.4 is 11.1 Å². The maximum Gasteiger partial charge on any atom is 0.248 e. The lowest BCUT2D eigenvalue weighted by Crippen LogP contribution is -2.15. The van der Waals surface area contributed by atoms with Crippen LogP contribution in [0.3, 0.4) is 0 Å². The topological polar surface area (TPSA) is 72.2 Å². The van der Waals surface area contributed by atoms with E-state index in [-0.39, 0.29) is 11.3 Å². The van der Waals surface area contributed by atoms with Gasteiger partial charge in [-0.1, -0.05) is 45.0 Å². The second kappa shape index (κ2) is 6.65. The van der Waals surface area contributed by atoms with Crippen molar-refractivity contribution in [2.45, 2.75) is 32.6 Å². The zero-order valence-electron chi connectivity index (χ0n) is 13.7. The summed E-state index contributed by atoms with van der Waals surface area (Å²) in [6.45, 7) is 6.47. The van der Waals surface area contributed by atoms with Crippen LogP contribution in [0.5, 0.6) is 0 Å². The van der Waals surface area contributed by atoms with E-state index in [1.54, 1.807) is 24.3 Å². The number of amides is 2. The van der Waals surface area contributed by atoms with Crippen molar-refractivity contribution in [2.75, 3.05) is 5.32 Å². The summed E-state index contributed by atoms with van der Waals surface area (Å²) in [6, 6.07) is 14.6. The van der Waals surface area contributed by atoms with Crippen LogP contribution in [0.25, 0.3) is 0 Å². The summed E-state index contributed by atoms with van der Waals surface area (Å²) in [7, 11) is 0. The minimum Gasteiger partial charge on any atom is -0.366 e. The molecule has 0 aromatic heterocycles. The van der Waals surface area contributed by atoms with Gasteiger partial charge in [0.05, 0.1) is 6.42 Å². The van der Waals surface area contributed by atoms with E-state index in [9.17, 15) is 9.59 Å². The maximum atomic E-state index is 12.1. The summed E-state index contributed by atoms with van der Waals surface area (Å²) in [5, 5.41) is 2.81. The summed E-state index contributed by atoms with van der Waals surface area (Å²) in [5.41, 5.74) is 8.55. The molecular weight excluding hydrogens is 288 g/mol. The largest absolute Gasteiger partial charge is 0.366 e. The molecule has 0 aliphatic carbocycles. The van der Waals surface area contributed by atoms with E-state index in [4.69, 9.17) is 5.73 Å². The number of benzene rings is 2. The summed E-state index contributed by atoms with van der Waals surface area (Å²) >= 11 is 0. The Balaban J connectivity index is 1.98. The standard InChI is InChI=1S/C19H22N2O2/c1-19(2,3)15-8-4-13(5-9-15)12-17(22)21-16-10-6-14(7-11-16)18(20)23/h4-11H,12H2,1-3H3,(H2,20,23)(H,21,22). The van der Waals surface area contributed by atoms with Crippen LogP contribution in [-0.2, 0) is 16.6 Å². The first-order chi connectivity index (χ1) is 10.8. The van der Waals surface area contributed by atoms with E-state index in [1.807, 2.05) is 12.1 Å². The molecule has 0 bridgehead atoms. The Morgan fingerprint density at radius 1 is 0.957 bits per heavy atom. The van der Waals surface area contributed by atoms with E-state index < -0.39 is 5.91 Å². The minimum atomic E-state index is -0.484. The van der Waals surface area contributed by atoms with Crippen LogP contribution >= 0.6 is 0 Å². The minimum absolute atomic E-state index is 0.0969. The first kappa shape index (κ1) is 16.7. The molecule has 0 radical (unpaired) electrons. The molecule has 0 spiro atoms. The Labute approximate surface area is 136 Å². The number of carbonyl (C=O) groups is 2.